The third-order valence-corrected chi connectivity index (χ3v) is 3.29. The van der Waals surface area contributed by atoms with Crippen LogP contribution in [0, 0.1) is 11.8 Å². The zero-order valence-electron chi connectivity index (χ0n) is 9.83. The summed E-state index contributed by atoms with van der Waals surface area (Å²) < 4.78 is 0. The van der Waals surface area contributed by atoms with Gasteiger partial charge < -0.3 is 4.90 Å². The topological polar surface area (TPSA) is 58.4 Å². The molecule has 1 rings (SSSR count). The standard InChI is InChI=1S/C11H23N3O/c1-9(2)10-5-7-14(8-10)6-3-4-11(15)13-12/h9-10H,3-8,12H2,1-2H3,(H,13,15). The number of carbonyl (C=O) groups is 1. The molecule has 0 aromatic heterocycles. The van der Waals surface area contributed by atoms with Crippen LogP contribution >= 0.6 is 0 Å². The normalized spacial score (nSPS) is 22.3. The molecule has 0 bridgehead atoms. The highest BCUT2D eigenvalue weighted by Crippen LogP contribution is 2.23. The van der Waals surface area contributed by atoms with Crippen LogP contribution in [0.3, 0.4) is 0 Å². The summed E-state index contributed by atoms with van der Waals surface area (Å²) in [6.45, 7) is 7.98. The Kier molecular flexibility index (Phi) is 5.05. The van der Waals surface area contributed by atoms with Gasteiger partial charge in [-0.05, 0) is 37.8 Å². The van der Waals surface area contributed by atoms with Crippen LogP contribution in [0.2, 0.25) is 0 Å². The van der Waals surface area contributed by atoms with Gasteiger partial charge in [0.2, 0.25) is 5.91 Å². The third-order valence-electron chi connectivity index (χ3n) is 3.29. The van der Waals surface area contributed by atoms with Crippen LogP contribution in [0.15, 0.2) is 0 Å². The van der Waals surface area contributed by atoms with Crippen molar-refractivity contribution in [1.29, 1.82) is 0 Å². The Morgan fingerprint density at radius 3 is 2.87 bits per heavy atom. The first kappa shape index (κ1) is 12.5. The second kappa shape index (κ2) is 6.08. The second-order valence-corrected chi connectivity index (χ2v) is 4.76. The highest BCUT2D eigenvalue weighted by molar-refractivity contribution is 5.75. The Hall–Kier alpha value is -0.610. The molecule has 1 heterocycles. The maximum atomic E-state index is 10.9. The Labute approximate surface area is 92.2 Å². The average Bonchev–Trinajstić information content (AvgIpc) is 2.66. The smallest absolute Gasteiger partial charge is 0.233 e. The van der Waals surface area contributed by atoms with Gasteiger partial charge in [-0.25, -0.2) is 5.84 Å². The van der Waals surface area contributed by atoms with Gasteiger partial charge in [-0.3, -0.25) is 10.2 Å². The molecule has 1 atom stereocenters. The fraction of sp³-hybridized carbons (Fsp3) is 0.909. The van der Waals surface area contributed by atoms with Crippen molar-refractivity contribution in [1.82, 2.24) is 10.3 Å². The highest BCUT2D eigenvalue weighted by Gasteiger charge is 2.24. The summed E-state index contributed by atoms with van der Waals surface area (Å²) in [7, 11) is 0. The zero-order chi connectivity index (χ0) is 11.3. The van der Waals surface area contributed by atoms with Gasteiger partial charge in [0.05, 0.1) is 0 Å². The van der Waals surface area contributed by atoms with Crippen LogP contribution in [-0.4, -0.2) is 30.4 Å². The van der Waals surface area contributed by atoms with Crippen molar-refractivity contribution >= 4 is 5.91 Å². The number of hydrogen-bond donors (Lipinski definition) is 2. The average molecular weight is 213 g/mol. The molecule has 1 aliphatic rings. The molecule has 0 radical (unpaired) electrons. The molecule has 4 heteroatoms. The predicted molar refractivity (Wildman–Crippen MR) is 60.9 cm³/mol. The van der Waals surface area contributed by atoms with Crippen molar-refractivity contribution in [3.63, 3.8) is 0 Å². The van der Waals surface area contributed by atoms with E-state index >= 15 is 0 Å². The van der Waals surface area contributed by atoms with Crippen LogP contribution in [0.25, 0.3) is 0 Å². The number of hydrogen-bond acceptors (Lipinski definition) is 3. The van der Waals surface area contributed by atoms with Gasteiger partial charge in [-0.15, -0.1) is 0 Å². The van der Waals surface area contributed by atoms with E-state index in [9.17, 15) is 4.79 Å². The minimum atomic E-state index is -0.0605. The molecule has 0 aromatic carbocycles. The Balaban J connectivity index is 2.11. The highest BCUT2D eigenvalue weighted by atomic mass is 16.2. The number of nitrogens with zero attached hydrogens (tertiary/aromatic N) is 1. The molecule has 1 aliphatic heterocycles. The molecule has 88 valence electrons. The quantitative estimate of drug-likeness (QED) is 0.402. The fourth-order valence-electron chi connectivity index (χ4n) is 2.15. The molecule has 0 spiro atoms. The third kappa shape index (κ3) is 4.18. The Morgan fingerprint density at radius 2 is 2.33 bits per heavy atom. The van der Waals surface area contributed by atoms with Gasteiger partial charge in [0.1, 0.15) is 0 Å². The monoisotopic (exact) mass is 213 g/mol. The molecular formula is C11H23N3O. The van der Waals surface area contributed by atoms with Gasteiger partial charge >= 0.3 is 0 Å². The maximum absolute atomic E-state index is 10.9. The largest absolute Gasteiger partial charge is 0.303 e. The van der Waals surface area contributed by atoms with E-state index in [1.165, 1.54) is 19.5 Å². The molecule has 3 N–H and O–H groups in total. The lowest BCUT2D eigenvalue weighted by Crippen LogP contribution is -2.31. The molecule has 0 aliphatic carbocycles. The minimum Gasteiger partial charge on any atom is -0.303 e. The second-order valence-electron chi connectivity index (χ2n) is 4.76. The van der Waals surface area contributed by atoms with Gasteiger partial charge in [0.25, 0.3) is 0 Å². The Bertz CT molecular complexity index is 206. The maximum Gasteiger partial charge on any atom is 0.233 e. The molecule has 1 amide bonds. The van der Waals surface area contributed by atoms with Crippen molar-refractivity contribution < 1.29 is 4.79 Å². The van der Waals surface area contributed by atoms with Crippen LogP contribution in [0.5, 0.6) is 0 Å². The van der Waals surface area contributed by atoms with E-state index in [0.29, 0.717) is 6.42 Å². The number of nitrogens with two attached hydrogens (primary N) is 1. The van der Waals surface area contributed by atoms with E-state index in [1.54, 1.807) is 0 Å². The summed E-state index contributed by atoms with van der Waals surface area (Å²) >= 11 is 0. The molecular weight excluding hydrogens is 190 g/mol. The lowest BCUT2D eigenvalue weighted by molar-refractivity contribution is -0.121. The van der Waals surface area contributed by atoms with Crippen molar-refractivity contribution in [2.45, 2.75) is 33.1 Å². The minimum absolute atomic E-state index is 0.0605. The van der Waals surface area contributed by atoms with E-state index in [1.807, 2.05) is 0 Å². The van der Waals surface area contributed by atoms with Crippen molar-refractivity contribution in [2.24, 2.45) is 17.7 Å². The SMILES string of the molecule is CC(C)C1CCN(CCCC(=O)NN)C1. The zero-order valence-corrected chi connectivity index (χ0v) is 9.83. The van der Waals surface area contributed by atoms with Gasteiger partial charge in [-0.1, -0.05) is 13.8 Å². The lowest BCUT2D eigenvalue weighted by Gasteiger charge is -2.17. The molecule has 15 heavy (non-hydrogen) atoms. The molecule has 0 aromatic rings. The first-order valence-electron chi connectivity index (χ1n) is 5.85. The predicted octanol–water partition coefficient (Wildman–Crippen LogP) is 0.734. The first-order chi connectivity index (χ1) is 7.13. The summed E-state index contributed by atoms with van der Waals surface area (Å²) in [5.74, 6) is 6.58. The number of likely N-dealkylation sites (tertiary alicyclic amines) is 1. The van der Waals surface area contributed by atoms with Gasteiger partial charge in [0, 0.05) is 13.0 Å². The number of hydrazine groups is 1. The first-order valence-corrected chi connectivity index (χ1v) is 5.85. The van der Waals surface area contributed by atoms with Crippen molar-refractivity contribution in [2.75, 3.05) is 19.6 Å². The van der Waals surface area contributed by atoms with Crippen molar-refractivity contribution in [3.05, 3.63) is 0 Å². The molecule has 1 saturated heterocycles. The summed E-state index contributed by atoms with van der Waals surface area (Å²) in [6, 6.07) is 0. The van der Waals surface area contributed by atoms with E-state index in [0.717, 1.165) is 24.8 Å². The van der Waals surface area contributed by atoms with E-state index in [-0.39, 0.29) is 5.91 Å². The van der Waals surface area contributed by atoms with Gasteiger partial charge in [0.15, 0.2) is 0 Å². The van der Waals surface area contributed by atoms with E-state index in [2.05, 4.69) is 24.2 Å². The van der Waals surface area contributed by atoms with Crippen LogP contribution in [-0.2, 0) is 4.79 Å². The van der Waals surface area contributed by atoms with Crippen LogP contribution in [0.1, 0.15) is 33.1 Å². The summed E-state index contributed by atoms with van der Waals surface area (Å²) in [5, 5.41) is 0. The van der Waals surface area contributed by atoms with E-state index in [4.69, 9.17) is 5.84 Å². The fourth-order valence-corrected chi connectivity index (χ4v) is 2.15. The molecule has 1 unspecified atom stereocenters. The van der Waals surface area contributed by atoms with Gasteiger partial charge in [-0.2, -0.15) is 0 Å². The summed E-state index contributed by atoms with van der Waals surface area (Å²) in [4.78, 5) is 13.4. The summed E-state index contributed by atoms with van der Waals surface area (Å²) in [6.07, 6.45) is 2.76. The molecule has 1 fully saturated rings. The number of amides is 1. The molecule has 4 nitrogen and oxygen atoms in total. The molecule has 0 saturated carbocycles. The van der Waals surface area contributed by atoms with Crippen molar-refractivity contribution in [3.8, 4) is 0 Å². The number of rotatable bonds is 5. The number of carbonyl (C=O) groups excluding carboxylic acids is 1. The lowest BCUT2D eigenvalue weighted by atomic mass is 9.95. The van der Waals surface area contributed by atoms with Crippen LogP contribution in [0.4, 0.5) is 0 Å². The summed E-state index contributed by atoms with van der Waals surface area (Å²) in [5.41, 5.74) is 2.16. The van der Waals surface area contributed by atoms with E-state index < -0.39 is 0 Å². The van der Waals surface area contributed by atoms with Crippen LogP contribution < -0.4 is 11.3 Å². The number of nitrogens with one attached hydrogen (secondary N) is 1. The Morgan fingerprint density at radius 1 is 1.60 bits per heavy atom.